The number of hydrogen-bond acceptors (Lipinski definition) is 3. The highest BCUT2D eigenvalue weighted by Gasteiger charge is 2.09. The average molecular weight is 286 g/mol. The number of benzene rings is 2. The highest BCUT2D eigenvalue weighted by molar-refractivity contribution is 6.07. The van der Waals surface area contributed by atoms with Gasteiger partial charge in [-0.25, -0.2) is 4.39 Å². The van der Waals surface area contributed by atoms with Gasteiger partial charge in [0.05, 0.1) is 19.8 Å². The van der Waals surface area contributed by atoms with Gasteiger partial charge in [0.1, 0.15) is 17.3 Å². The van der Waals surface area contributed by atoms with Crippen molar-refractivity contribution in [3.63, 3.8) is 0 Å². The van der Waals surface area contributed by atoms with Gasteiger partial charge in [-0.15, -0.1) is 0 Å². The minimum absolute atomic E-state index is 0.00921. The molecular weight excluding hydrogens is 271 g/mol. The number of halogens is 1. The second-order valence-electron chi connectivity index (χ2n) is 4.32. The lowest BCUT2D eigenvalue weighted by Crippen LogP contribution is -1.99. The van der Waals surface area contributed by atoms with Crippen molar-refractivity contribution in [3.8, 4) is 11.5 Å². The standard InChI is InChI=1S/C17H15FO3/c1-20-13-5-3-4-12(10-13)6-9-17(19)15-8-7-14(21-2)11-16(15)18/h3-11H,1-2H3. The van der Waals surface area contributed by atoms with Crippen LogP contribution in [0.2, 0.25) is 0 Å². The fourth-order valence-electron chi connectivity index (χ4n) is 1.83. The molecule has 0 aliphatic rings. The maximum Gasteiger partial charge on any atom is 0.188 e. The van der Waals surface area contributed by atoms with Crippen LogP contribution in [0, 0.1) is 5.82 Å². The van der Waals surface area contributed by atoms with Crippen molar-refractivity contribution in [2.45, 2.75) is 0 Å². The lowest BCUT2D eigenvalue weighted by molar-refractivity contribution is 0.104. The summed E-state index contributed by atoms with van der Waals surface area (Å²) in [6.07, 6.45) is 2.95. The molecule has 0 saturated heterocycles. The first-order valence-electron chi connectivity index (χ1n) is 6.34. The Morgan fingerprint density at radius 1 is 1.05 bits per heavy atom. The molecule has 0 spiro atoms. The predicted molar refractivity (Wildman–Crippen MR) is 79.3 cm³/mol. The van der Waals surface area contributed by atoms with E-state index < -0.39 is 11.6 Å². The molecule has 2 rings (SSSR count). The Bertz CT molecular complexity index is 677. The number of ketones is 1. The zero-order valence-electron chi connectivity index (χ0n) is 11.8. The van der Waals surface area contributed by atoms with E-state index in [2.05, 4.69) is 0 Å². The van der Waals surface area contributed by atoms with Crippen LogP contribution in [-0.4, -0.2) is 20.0 Å². The third-order valence-electron chi connectivity index (χ3n) is 2.96. The molecule has 0 radical (unpaired) electrons. The minimum atomic E-state index is -0.602. The van der Waals surface area contributed by atoms with Crippen molar-refractivity contribution in [3.05, 3.63) is 65.5 Å². The molecule has 3 nitrogen and oxygen atoms in total. The van der Waals surface area contributed by atoms with Gasteiger partial charge in [0.15, 0.2) is 5.78 Å². The average Bonchev–Trinajstić information content (AvgIpc) is 2.52. The number of ether oxygens (including phenoxy) is 2. The summed E-state index contributed by atoms with van der Waals surface area (Å²) in [5.41, 5.74) is 0.812. The number of rotatable bonds is 5. The fourth-order valence-corrected chi connectivity index (χ4v) is 1.83. The predicted octanol–water partition coefficient (Wildman–Crippen LogP) is 3.74. The summed E-state index contributed by atoms with van der Waals surface area (Å²) in [7, 11) is 3.01. The van der Waals surface area contributed by atoms with E-state index in [0.29, 0.717) is 11.5 Å². The van der Waals surface area contributed by atoms with Crippen LogP contribution in [0.4, 0.5) is 4.39 Å². The second-order valence-corrected chi connectivity index (χ2v) is 4.32. The van der Waals surface area contributed by atoms with E-state index in [0.717, 1.165) is 5.56 Å². The summed E-state index contributed by atoms with van der Waals surface area (Å²) in [4.78, 5) is 12.0. The largest absolute Gasteiger partial charge is 0.497 e. The van der Waals surface area contributed by atoms with Gasteiger partial charge in [-0.2, -0.15) is 0 Å². The molecule has 0 aliphatic carbocycles. The monoisotopic (exact) mass is 286 g/mol. The fraction of sp³-hybridized carbons (Fsp3) is 0.118. The van der Waals surface area contributed by atoms with Crippen molar-refractivity contribution in [2.24, 2.45) is 0 Å². The molecule has 0 saturated carbocycles. The Kier molecular flexibility index (Phi) is 4.72. The molecule has 2 aromatic rings. The Labute approximate surface area is 122 Å². The van der Waals surface area contributed by atoms with Crippen molar-refractivity contribution in [1.29, 1.82) is 0 Å². The number of methoxy groups -OCH3 is 2. The molecule has 0 unspecified atom stereocenters. The number of carbonyl (C=O) groups is 1. The zero-order chi connectivity index (χ0) is 15.2. The van der Waals surface area contributed by atoms with E-state index in [1.165, 1.54) is 25.3 Å². The first kappa shape index (κ1) is 14.8. The van der Waals surface area contributed by atoms with E-state index in [-0.39, 0.29) is 5.56 Å². The van der Waals surface area contributed by atoms with Crippen LogP contribution in [0.1, 0.15) is 15.9 Å². The Morgan fingerprint density at radius 2 is 1.76 bits per heavy atom. The van der Waals surface area contributed by atoms with Crippen LogP contribution in [0.25, 0.3) is 6.08 Å². The lowest BCUT2D eigenvalue weighted by atomic mass is 10.1. The molecule has 0 fully saturated rings. The molecule has 0 amide bonds. The molecule has 2 aromatic carbocycles. The topological polar surface area (TPSA) is 35.5 Å². The Balaban J connectivity index is 2.19. The maximum atomic E-state index is 13.8. The molecule has 0 N–H and O–H groups in total. The van der Waals surface area contributed by atoms with Crippen molar-refractivity contribution in [1.82, 2.24) is 0 Å². The van der Waals surface area contributed by atoms with Gasteiger partial charge in [-0.05, 0) is 35.9 Å². The third kappa shape index (κ3) is 3.69. The van der Waals surface area contributed by atoms with E-state index in [1.54, 1.807) is 25.3 Å². The molecule has 0 heterocycles. The second kappa shape index (κ2) is 6.70. The number of allylic oxidation sites excluding steroid dienone is 1. The van der Waals surface area contributed by atoms with Crippen LogP contribution < -0.4 is 9.47 Å². The molecule has 0 atom stereocenters. The van der Waals surface area contributed by atoms with Gasteiger partial charge in [0, 0.05) is 6.07 Å². The smallest absolute Gasteiger partial charge is 0.188 e. The SMILES string of the molecule is COc1cccc(C=CC(=O)c2ccc(OC)cc2F)c1. The summed E-state index contributed by atoms with van der Waals surface area (Å²) < 4.78 is 23.8. The molecule has 0 aromatic heterocycles. The summed E-state index contributed by atoms with van der Waals surface area (Å²) >= 11 is 0. The highest BCUT2D eigenvalue weighted by Crippen LogP contribution is 2.18. The normalized spacial score (nSPS) is 10.6. The van der Waals surface area contributed by atoms with E-state index >= 15 is 0 Å². The van der Waals surface area contributed by atoms with Crippen molar-refractivity contribution >= 4 is 11.9 Å². The van der Waals surface area contributed by atoms with E-state index in [9.17, 15) is 9.18 Å². The zero-order valence-corrected chi connectivity index (χ0v) is 11.8. The van der Waals surface area contributed by atoms with Gasteiger partial charge in [0.2, 0.25) is 0 Å². The Morgan fingerprint density at radius 3 is 2.43 bits per heavy atom. The van der Waals surface area contributed by atoms with Crippen molar-refractivity contribution < 1.29 is 18.7 Å². The van der Waals surface area contributed by atoms with Gasteiger partial charge in [-0.1, -0.05) is 18.2 Å². The van der Waals surface area contributed by atoms with Crippen LogP contribution in [0.3, 0.4) is 0 Å². The molecule has 0 bridgehead atoms. The lowest BCUT2D eigenvalue weighted by Gasteiger charge is -2.03. The maximum absolute atomic E-state index is 13.8. The summed E-state index contributed by atoms with van der Waals surface area (Å²) in [5, 5.41) is 0. The molecular formula is C17H15FO3. The van der Waals surface area contributed by atoms with Gasteiger partial charge in [0.25, 0.3) is 0 Å². The van der Waals surface area contributed by atoms with Crippen LogP contribution >= 0.6 is 0 Å². The Hall–Kier alpha value is -2.62. The van der Waals surface area contributed by atoms with Crippen LogP contribution in [-0.2, 0) is 0 Å². The van der Waals surface area contributed by atoms with Gasteiger partial charge in [-0.3, -0.25) is 4.79 Å². The van der Waals surface area contributed by atoms with E-state index in [4.69, 9.17) is 9.47 Å². The number of hydrogen-bond donors (Lipinski definition) is 0. The van der Waals surface area contributed by atoms with Gasteiger partial charge < -0.3 is 9.47 Å². The number of carbonyl (C=O) groups excluding carboxylic acids is 1. The third-order valence-corrected chi connectivity index (χ3v) is 2.96. The first-order chi connectivity index (χ1) is 10.1. The van der Waals surface area contributed by atoms with E-state index in [1.807, 2.05) is 18.2 Å². The summed E-state index contributed by atoms with van der Waals surface area (Å²) in [6, 6.07) is 11.4. The summed E-state index contributed by atoms with van der Waals surface area (Å²) in [5.74, 6) is 0.0636. The van der Waals surface area contributed by atoms with Crippen LogP contribution in [0.5, 0.6) is 11.5 Å². The molecule has 108 valence electrons. The molecule has 4 heteroatoms. The minimum Gasteiger partial charge on any atom is -0.497 e. The highest BCUT2D eigenvalue weighted by atomic mass is 19.1. The first-order valence-corrected chi connectivity index (χ1v) is 6.34. The van der Waals surface area contributed by atoms with Gasteiger partial charge >= 0.3 is 0 Å². The molecule has 0 aliphatic heterocycles. The van der Waals surface area contributed by atoms with Crippen LogP contribution in [0.15, 0.2) is 48.5 Å². The molecule has 21 heavy (non-hydrogen) atoms. The quantitative estimate of drug-likeness (QED) is 0.620. The summed E-state index contributed by atoms with van der Waals surface area (Å²) in [6.45, 7) is 0. The van der Waals surface area contributed by atoms with Crippen molar-refractivity contribution in [2.75, 3.05) is 14.2 Å².